The summed E-state index contributed by atoms with van der Waals surface area (Å²) in [5.41, 5.74) is 1.84. The van der Waals surface area contributed by atoms with Crippen molar-refractivity contribution in [1.82, 2.24) is 15.6 Å². The van der Waals surface area contributed by atoms with Crippen LogP contribution in [0.25, 0.3) is 11.0 Å². The maximum atomic E-state index is 12.2. The number of hydrogen-bond donors (Lipinski definition) is 2. The van der Waals surface area contributed by atoms with Crippen LogP contribution in [0, 0.1) is 5.92 Å². The van der Waals surface area contributed by atoms with Crippen molar-refractivity contribution in [2.45, 2.75) is 12.5 Å². The molecule has 0 aliphatic heterocycles. The van der Waals surface area contributed by atoms with Gasteiger partial charge < -0.3 is 10.6 Å². The van der Waals surface area contributed by atoms with Gasteiger partial charge in [0.25, 0.3) is 0 Å². The Morgan fingerprint density at radius 2 is 2.09 bits per heavy atom. The molecule has 3 rings (SSSR count). The summed E-state index contributed by atoms with van der Waals surface area (Å²) >= 11 is 0. The number of fused-ring (bicyclic) bond motifs is 1. The number of carbonyl (C=O) groups is 2. The summed E-state index contributed by atoms with van der Waals surface area (Å²) in [6, 6.07) is 5.00. The van der Waals surface area contributed by atoms with E-state index < -0.39 is 0 Å². The summed E-state index contributed by atoms with van der Waals surface area (Å²) in [6.45, 7) is 3.40. The molecule has 1 aromatic carbocycles. The van der Waals surface area contributed by atoms with Crippen molar-refractivity contribution >= 4 is 28.5 Å². The summed E-state index contributed by atoms with van der Waals surface area (Å²) < 4.78 is 4.61. The summed E-state index contributed by atoms with van der Waals surface area (Å²) in [4.78, 5) is 23.5. The van der Waals surface area contributed by atoms with E-state index in [0.29, 0.717) is 23.1 Å². The minimum atomic E-state index is -0.291. The first kappa shape index (κ1) is 14.0. The van der Waals surface area contributed by atoms with Crippen molar-refractivity contribution in [2.24, 2.45) is 5.92 Å². The van der Waals surface area contributed by atoms with Gasteiger partial charge in [-0.05, 0) is 41.0 Å². The van der Waals surface area contributed by atoms with E-state index in [9.17, 15) is 9.59 Å². The smallest absolute Gasteiger partial charge is 0.243 e. The quantitative estimate of drug-likeness (QED) is 0.657. The van der Waals surface area contributed by atoms with Crippen LogP contribution in [-0.2, 0) is 9.59 Å². The summed E-state index contributed by atoms with van der Waals surface area (Å²) in [6.07, 6.45) is 5.34. The van der Waals surface area contributed by atoms with Gasteiger partial charge in [-0.3, -0.25) is 9.59 Å². The second-order valence-corrected chi connectivity index (χ2v) is 5.00. The Hall–Kier alpha value is -2.96. The van der Waals surface area contributed by atoms with Crippen LogP contribution in [0.2, 0.25) is 0 Å². The highest BCUT2D eigenvalue weighted by Gasteiger charge is 2.25. The molecule has 1 aliphatic rings. The lowest BCUT2D eigenvalue weighted by Gasteiger charge is -2.13. The van der Waals surface area contributed by atoms with Crippen molar-refractivity contribution in [3.05, 3.63) is 43.0 Å². The fraction of sp³-hybridized carbons (Fsp3) is 0.200. The largest absolute Gasteiger partial charge is 0.346 e. The Morgan fingerprint density at radius 3 is 2.91 bits per heavy atom. The van der Waals surface area contributed by atoms with Crippen LogP contribution >= 0.6 is 0 Å². The zero-order valence-electron chi connectivity index (χ0n) is 11.7. The molecule has 1 aromatic heterocycles. The first-order valence-corrected chi connectivity index (χ1v) is 6.80. The number of benzene rings is 1. The third-order valence-corrected chi connectivity index (χ3v) is 3.45. The van der Waals surface area contributed by atoms with Gasteiger partial charge in [0.1, 0.15) is 11.0 Å². The van der Waals surface area contributed by atoms with Crippen LogP contribution in [-0.4, -0.2) is 28.2 Å². The minimum Gasteiger partial charge on any atom is -0.346 e. The molecule has 0 radical (unpaired) electrons. The highest BCUT2D eigenvalue weighted by molar-refractivity contribution is 5.95. The Kier molecular flexibility index (Phi) is 3.69. The fourth-order valence-electron chi connectivity index (χ4n) is 2.34. The summed E-state index contributed by atoms with van der Waals surface area (Å²) in [5.74, 6) is -0.677. The SMILES string of the molecule is C=CC(=O)N[C@H]1C=C[C@@H](C(=O)Nc2ccc3nonc3c2)C1. The van der Waals surface area contributed by atoms with Crippen LogP contribution < -0.4 is 10.6 Å². The van der Waals surface area contributed by atoms with Crippen molar-refractivity contribution in [3.8, 4) is 0 Å². The highest BCUT2D eigenvalue weighted by Crippen LogP contribution is 2.21. The Bertz CT molecular complexity index is 765. The van der Waals surface area contributed by atoms with E-state index in [4.69, 9.17) is 0 Å². The third-order valence-electron chi connectivity index (χ3n) is 3.45. The number of nitrogens with one attached hydrogen (secondary N) is 2. The Labute approximate surface area is 126 Å². The molecule has 0 saturated heterocycles. The molecular formula is C15H14N4O3. The molecule has 2 atom stereocenters. The molecular weight excluding hydrogens is 284 g/mol. The van der Waals surface area contributed by atoms with Gasteiger partial charge in [-0.25, -0.2) is 4.63 Å². The first-order valence-electron chi connectivity index (χ1n) is 6.80. The lowest BCUT2D eigenvalue weighted by molar-refractivity contribution is -0.119. The zero-order chi connectivity index (χ0) is 15.5. The van der Waals surface area contributed by atoms with Gasteiger partial charge in [0, 0.05) is 11.7 Å². The Morgan fingerprint density at radius 1 is 1.27 bits per heavy atom. The average molecular weight is 298 g/mol. The van der Waals surface area contributed by atoms with E-state index in [1.807, 2.05) is 6.08 Å². The van der Waals surface area contributed by atoms with E-state index in [2.05, 4.69) is 32.2 Å². The van der Waals surface area contributed by atoms with Crippen LogP contribution in [0.1, 0.15) is 6.42 Å². The van der Waals surface area contributed by atoms with E-state index in [1.54, 1.807) is 24.3 Å². The van der Waals surface area contributed by atoms with Crippen molar-refractivity contribution < 1.29 is 14.2 Å². The van der Waals surface area contributed by atoms with Crippen LogP contribution in [0.15, 0.2) is 47.6 Å². The normalized spacial score (nSPS) is 20.0. The van der Waals surface area contributed by atoms with Crippen LogP contribution in [0.3, 0.4) is 0 Å². The third kappa shape index (κ3) is 2.88. The molecule has 7 nitrogen and oxygen atoms in total. The fourth-order valence-corrected chi connectivity index (χ4v) is 2.34. The summed E-state index contributed by atoms with van der Waals surface area (Å²) in [5, 5.41) is 13.0. The predicted octanol–water partition coefficient (Wildman–Crippen LogP) is 1.41. The van der Waals surface area contributed by atoms with E-state index in [1.165, 1.54) is 6.08 Å². The average Bonchev–Trinajstić information content (AvgIpc) is 3.15. The lowest BCUT2D eigenvalue weighted by atomic mass is 10.1. The van der Waals surface area contributed by atoms with E-state index in [0.717, 1.165) is 0 Å². The predicted molar refractivity (Wildman–Crippen MR) is 79.8 cm³/mol. The molecule has 2 amide bonds. The van der Waals surface area contributed by atoms with Gasteiger partial charge in [0.2, 0.25) is 11.8 Å². The number of nitrogens with zero attached hydrogens (tertiary/aromatic N) is 2. The van der Waals surface area contributed by atoms with Gasteiger partial charge in [0.05, 0.1) is 5.92 Å². The second kappa shape index (κ2) is 5.80. The van der Waals surface area contributed by atoms with Crippen molar-refractivity contribution in [1.29, 1.82) is 0 Å². The monoisotopic (exact) mass is 298 g/mol. The highest BCUT2D eigenvalue weighted by atomic mass is 16.6. The standard InChI is InChI=1S/C15H14N4O3/c1-2-14(20)16-10-4-3-9(7-10)15(21)17-11-5-6-12-13(8-11)19-22-18-12/h2-6,8-10H,1,7H2,(H,16,20)(H,17,21)/t9-,10+/m1/s1. The van der Waals surface area contributed by atoms with Gasteiger partial charge in [-0.1, -0.05) is 18.7 Å². The number of carbonyl (C=O) groups excluding carboxylic acids is 2. The first-order chi connectivity index (χ1) is 10.7. The maximum Gasteiger partial charge on any atom is 0.243 e. The molecule has 0 saturated carbocycles. The second-order valence-electron chi connectivity index (χ2n) is 5.00. The topological polar surface area (TPSA) is 97.1 Å². The molecule has 112 valence electrons. The van der Waals surface area contributed by atoms with E-state index >= 15 is 0 Å². The molecule has 1 heterocycles. The number of anilines is 1. The molecule has 22 heavy (non-hydrogen) atoms. The van der Waals surface area contributed by atoms with Gasteiger partial charge >= 0.3 is 0 Å². The molecule has 0 fully saturated rings. The number of hydrogen-bond acceptors (Lipinski definition) is 5. The number of aromatic nitrogens is 2. The molecule has 0 spiro atoms. The Balaban J connectivity index is 1.61. The molecule has 0 unspecified atom stereocenters. The summed E-state index contributed by atoms with van der Waals surface area (Å²) in [7, 11) is 0. The molecule has 2 aromatic rings. The molecule has 0 bridgehead atoms. The molecule has 7 heteroatoms. The molecule has 2 N–H and O–H groups in total. The van der Waals surface area contributed by atoms with Gasteiger partial charge in [0.15, 0.2) is 0 Å². The van der Waals surface area contributed by atoms with Crippen molar-refractivity contribution in [2.75, 3.05) is 5.32 Å². The number of rotatable bonds is 4. The van der Waals surface area contributed by atoms with Crippen LogP contribution in [0.5, 0.6) is 0 Å². The van der Waals surface area contributed by atoms with Gasteiger partial charge in [-0.2, -0.15) is 0 Å². The van der Waals surface area contributed by atoms with E-state index in [-0.39, 0.29) is 23.8 Å². The molecule has 1 aliphatic carbocycles. The lowest BCUT2D eigenvalue weighted by Crippen LogP contribution is -2.32. The van der Waals surface area contributed by atoms with Crippen LogP contribution in [0.4, 0.5) is 5.69 Å². The van der Waals surface area contributed by atoms with Crippen molar-refractivity contribution in [3.63, 3.8) is 0 Å². The van der Waals surface area contributed by atoms with Gasteiger partial charge in [-0.15, -0.1) is 0 Å². The minimum absolute atomic E-state index is 0.137. The number of amides is 2. The zero-order valence-corrected chi connectivity index (χ0v) is 11.7. The maximum absolute atomic E-state index is 12.2.